The molecule has 0 aromatic heterocycles. The molecule has 0 saturated heterocycles. The van der Waals surface area contributed by atoms with Gasteiger partial charge in [0.15, 0.2) is 19.5 Å². The molecule has 0 aliphatic heterocycles. The van der Waals surface area contributed by atoms with Gasteiger partial charge in [0.05, 0.1) is 0 Å². The van der Waals surface area contributed by atoms with Crippen molar-refractivity contribution in [2.24, 2.45) is 0 Å². The van der Waals surface area contributed by atoms with Gasteiger partial charge in [0, 0.05) is 25.7 Å². The number of hydrogen-bond acceptors (Lipinski definition) is 6. The Morgan fingerprint density at radius 2 is 1.00 bits per heavy atom. The van der Waals surface area contributed by atoms with Crippen molar-refractivity contribution in [3.8, 4) is 0 Å². The molecule has 0 bridgehead atoms. The summed E-state index contributed by atoms with van der Waals surface area (Å²) in [5.41, 5.74) is 0. The molecule has 0 aliphatic carbocycles. The molecule has 24 heavy (non-hydrogen) atoms. The van der Waals surface area contributed by atoms with Crippen LogP contribution in [0.5, 0.6) is 0 Å². The molecule has 0 amide bonds. The van der Waals surface area contributed by atoms with Crippen molar-refractivity contribution in [2.45, 2.75) is 76.3 Å². The van der Waals surface area contributed by atoms with Crippen LogP contribution in [0.1, 0.15) is 66.2 Å². The van der Waals surface area contributed by atoms with Crippen LogP contribution in [-0.4, -0.2) is 45.3 Å². The van der Waals surface area contributed by atoms with Crippen molar-refractivity contribution in [1.82, 2.24) is 0 Å². The first kappa shape index (κ1) is 25.8. The van der Waals surface area contributed by atoms with Crippen molar-refractivity contribution >= 4 is 60.8 Å². The zero-order valence-corrected chi connectivity index (χ0v) is 22.6. The fourth-order valence-corrected chi connectivity index (χ4v) is 12.6. The highest BCUT2D eigenvalue weighted by Gasteiger charge is 2.27. The summed E-state index contributed by atoms with van der Waals surface area (Å²) in [6, 6.07) is 0. The van der Waals surface area contributed by atoms with Crippen LogP contribution in [0.25, 0.3) is 0 Å². The molecule has 0 aromatic rings. The van der Waals surface area contributed by atoms with Gasteiger partial charge in [0.1, 0.15) is 0 Å². The largest absolute Gasteiger partial charge is 0.427 e. The maximum atomic E-state index is 5.58. The molecule has 0 spiro atoms. The highest BCUT2D eigenvalue weighted by atomic mass is 33.7. The Morgan fingerprint density at radius 1 is 0.667 bits per heavy atom. The molecular formula is C16H38O2S4Si2. The minimum absolute atomic E-state index is 0.388. The lowest BCUT2D eigenvalue weighted by Gasteiger charge is -2.30. The second-order valence-corrected chi connectivity index (χ2v) is 17.5. The van der Waals surface area contributed by atoms with E-state index in [1.54, 1.807) is 0 Å². The summed E-state index contributed by atoms with van der Waals surface area (Å²) in [4.78, 5) is 0. The summed E-state index contributed by atoms with van der Waals surface area (Å²) in [7, 11) is 11.0. The van der Waals surface area contributed by atoms with E-state index in [1.165, 1.54) is 50.0 Å². The van der Waals surface area contributed by atoms with E-state index in [4.69, 9.17) is 8.85 Å². The van der Waals surface area contributed by atoms with Gasteiger partial charge in [-0.3, -0.25) is 0 Å². The summed E-state index contributed by atoms with van der Waals surface area (Å²) >= 11 is 0. The van der Waals surface area contributed by atoms with Crippen LogP contribution in [0.2, 0.25) is 10.1 Å². The van der Waals surface area contributed by atoms with Crippen molar-refractivity contribution < 1.29 is 8.85 Å². The second-order valence-electron chi connectivity index (χ2n) is 6.56. The summed E-state index contributed by atoms with van der Waals surface area (Å²) < 4.78 is 11.2. The highest BCUT2D eigenvalue weighted by Crippen LogP contribution is 2.48. The topological polar surface area (TPSA) is 18.5 Å². The van der Waals surface area contributed by atoms with Crippen LogP contribution in [0.3, 0.4) is 0 Å². The molecular weight excluding hydrogens is 409 g/mol. The third-order valence-corrected chi connectivity index (χ3v) is 16.4. The summed E-state index contributed by atoms with van der Waals surface area (Å²) in [5, 5.41) is 1.04. The van der Waals surface area contributed by atoms with Gasteiger partial charge in [-0.15, -0.1) is 0 Å². The molecule has 8 heteroatoms. The van der Waals surface area contributed by atoms with Crippen LogP contribution in [0, 0.1) is 0 Å². The molecule has 2 nitrogen and oxygen atoms in total. The average molecular weight is 447 g/mol. The molecule has 0 heterocycles. The average Bonchev–Trinajstić information content (AvgIpc) is 2.62. The van der Waals surface area contributed by atoms with Gasteiger partial charge < -0.3 is 8.85 Å². The van der Waals surface area contributed by atoms with Gasteiger partial charge in [-0.2, -0.15) is 0 Å². The lowest BCUT2D eigenvalue weighted by atomic mass is 9.99. The first-order chi connectivity index (χ1) is 11.6. The molecule has 0 atom stereocenters. The van der Waals surface area contributed by atoms with E-state index in [9.17, 15) is 0 Å². The Hall–Kier alpha value is 1.75. The summed E-state index contributed by atoms with van der Waals surface area (Å²) in [6.45, 7) is 9.31. The number of rotatable bonds is 17. The predicted molar refractivity (Wildman–Crippen MR) is 127 cm³/mol. The van der Waals surface area contributed by atoms with E-state index in [-0.39, 0.29) is 19.5 Å². The summed E-state index contributed by atoms with van der Waals surface area (Å²) in [6.07, 6.45) is 7.73. The first-order valence-electron chi connectivity index (χ1n) is 9.13. The van der Waals surface area contributed by atoms with Crippen LogP contribution < -0.4 is 0 Å². The molecule has 0 radical (unpaired) electrons. The Labute approximate surface area is 171 Å². The Balaban J connectivity index is 3.83. The zero-order valence-electron chi connectivity index (χ0n) is 16.5. The third-order valence-electron chi connectivity index (χ3n) is 5.46. The van der Waals surface area contributed by atoms with Gasteiger partial charge in [-0.05, 0) is 42.6 Å². The van der Waals surface area contributed by atoms with Gasteiger partial charge in [0.2, 0.25) is 0 Å². The van der Waals surface area contributed by atoms with Crippen molar-refractivity contribution in [1.29, 1.82) is 0 Å². The fourth-order valence-electron chi connectivity index (χ4n) is 3.00. The van der Waals surface area contributed by atoms with Gasteiger partial charge in [0.25, 0.3) is 0 Å². The molecule has 146 valence electrons. The van der Waals surface area contributed by atoms with Crippen LogP contribution in [0.15, 0.2) is 0 Å². The van der Waals surface area contributed by atoms with E-state index in [2.05, 4.69) is 27.7 Å². The molecule has 0 rings (SSSR count). The van der Waals surface area contributed by atoms with Gasteiger partial charge >= 0.3 is 0 Å². The van der Waals surface area contributed by atoms with Crippen molar-refractivity contribution in [2.75, 3.05) is 25.7 Å². The van der Waals surface area contributed by atoms with Crippen molar-refractivity contribution in [3.05, 3.63) is 0 Å². The summed E-state index contributed by atoms with van der Waals surface area (Å²) in [5.74, 6) is 2.50. The van der Waals surface area contributed by atoms with E-state index in [0.717, 1.165) is 0 Å². The van der Waals surface area contributed by atoms with Crippen LogP contribution in [0.4, 0.5) is 0 Å². The Bertz CT molecular complexity index is 263. The Kier molecular flexibility index (Phi) is 16.9. The van der Waals surface area contributed by atoms with E-state index >= 15 is 0 Å². The second kappa shape index (κ2) is 15.8. The maximum Gasteiger partial charge on any atom is 0.167 e. The molecule has 0 N–H and O–H groups in total. The smallest absolute Gasteiger partial charge is 0.167 e. The maximum absolute atomic E-state index is 5.58. The Morgan fingerprint density at radius 3 is 1.25 bits per heavy atom. The van der Waals surface area contributed by atoms with Crippen molar-refractivity contribution in [3.63, 3.8) is 0 Å². The molecule has 0 unspecified atom stereocenters. The van der Waals surface area contributed by atoms with Gasteiger partial charge in [-0.25, -0.2) is 0 Å². The lowest BCUT2D eigenvalue weighted by Crippen LogP contribution is -2.21. The van der Waals surface area contributed by atoms with E-state index < -0.39 is 0 Å². The van der Waals surface area contributed by atoms with E-state index in [0.29, 0.717) is 10.1 Å². The standard InChI is InChI=1S/C16H38O2S4Si2/c1-7-15(8-2,23-17-5)11-13-19-21-22-20-14-12-16(9-3,10-4)24-18-6/h7-14,23-24H2,1-6H3. The highest BCUT2D eigenvalue weighted by molar-refractivity contribution is 9.26. The van der Waals surface area contributed by atoms with Crippen LogP contribution in [-0.2, 0) is 8.85 Å². The first-order valence-corrected chi connectivity index (χ1v) is 16.9. The minimum Gasteiger partial charge on any atom is -0.427 e. The molecule has 0 saturated carbocycles. The van der Waals surface area contributed by atoms with E-state index in [1.807, 2.05) is 55.5 Å². The van der Waals surface area contributed by atoms with Crippen LogP contribution >= 0.6 is 41.2 Å². The van der Waals surface area contributed by atoms with Gasteiger partial charge in [-0.1, -0.05) is 75.0 Å². The predicted octanol–water partition coefficient (Wildman–Crippen LogP) is 5.86. The molecule has 0 fully saturated rings. The zero-order chi connectivity index (χ0) is 18.3. The lowest BCUT2D eigenvalue weighted by molar-refractivity contribution is 0.375. The molecule has 0 aliphatic rings. The quantitative estimate of drug-likeness (QED) is 0.157. The fraction of sp³-hybridized carbons (Fsp3) is 1.00. The number of hydrogen-bond donors (Lipinski definition) is 0. The SMILES string of the molecule is CCC(CC)(CCSSSSCCC(CC)(CC)[SiH2]OC)[SiH2]OC. The molecule has 0 aromatic carbocycles. The normalized spacial score (nSPS) is 13.8. The monoisotopic (exact) mass is 446 g/mol. The minimum atomic E-state index is -0.388. The third kappa shape index (κ3) is 10.2.